The van der Waals surface area contributed by atoms with Gasteiger partial charge in [-0.05, 0) is 17.7 Å². The molecule has 9 nitrogen and oxygen atoms in total. The minimum atomic E-state index is -1.42. The number of amides is 1. The SMILES string of the molecule is COC1C(CO)OC(n2c3c(Cl)cccc3c3c4c(c5c6cccc(Cl)c6[nH]c5c32)C(=O)NC4)C(O)C1O. The van der Waals surface area contributed by atoms with Gasteiger partial charge in [-0.3, -0.25) is 4.79 Å². The monoisotopic (exact) mass is 555 g/mol. The van der Waals surface area contributed by atoms with Crippen molar-refractivity contribution < 1.29 is 29.6 Å². The second-order valence-electron chi connectivity index (χ2n) is 9.73. The van der Waals surface area contributed by atoms with Crippen molar-refractivity contribution in [1.82, 2.24) is 14.9 Å². The van der Waals surface area contributed by atoms with Crippen molar-refractivity contribution in [3.63, 3.8) is 0 Å². The number of fused-ring (bicyclic) bond motifs is 10. The maximum absolute atomic E-state index is 13.2. The highest BCUT2D eigenvalue weighted by Crippen LogP contribution is 2.48. The fraction of sp³-hybridized carbons (Fsp3) is 0.296. The molecule has 1 amide bonds. The van der Waals surface area contributed by atoms with Gasteiger partial charge in [0.1, 0.15) is 24.4 Å². The fourth-order valence-corrected chi connectivity index (χ4v) is 6.77. The van der Waals surface area contributed by atoms with Crippen molar-refractivity contribution in [2.75, 3.05) is 13.7 Å². The minimum absolute atomic E-state index is 0.191. The molecule has 0 radical (unpaired) electrons. The lowest BCUT2D eigenvalue weighted by molar-refractivity contribution is -0.255. The molecule has 2 aliphatic heterocycles. The van der Waals surface area contributed by atoms with Crippen LogP contribution in [0.2, 0.25) is 10.0 Å². The third-order valence-corrected chi connectivity index (χ3v) is 8.49. The van der Waals surface area contributed by atoms with Crippen LogP contribution in [-0.4, -0.2) is 68.9 Å². The standard InChI is InChI=1S/C27H23Cl2N3O6/c1-37-25-15(9-33)38-27(24(35)23(25)34)32-21-11(5-3-7-14(21)29)16-12-8-30-26(36)18(12)17-10-4-2-6-13(28)19(10)31-20(17)22(16)32/h2-7,15,23-25,27,31,33-35H,8-9H2,1H3,(H,30,36). The number of methoxy groups -OCH3 is 1. The highest BCUT2D eigenvalue weighted by molar-refractivity contribution is 6.40. The maximum atomic E-state index is 13.2. The molecule has 1 saturated heterocycles. The van der Waals surface area contributed by atoms with Gasteiger partial charge in [0.05, 0.1) is 44.3 Å². The number of H-pyrrole nitrogens is 1. The number of para-hydroxylation sites is 2. The second kappa shape index (κ2) is 8.56. The average molecular weight is 556 g/mol. The molecule has 5 unspecified atom stereocenters. The van der Waals surface area contributed by atoms with Crippen molar-refractivity contribution in [2.45, 2.75) is 37.2 Å². The summed E-state index contributed by atoms with van der Waals surface area (Å²) in [5, 5.41) is 39.2. The Morgan fingerprint density at radius 3 is 2.50 bits per heavy atom. The van der Waals surface area contributed by atoms with Crippen molar-refractivity contribution in [3.8, 4) is 0 Å². The molecule has 11 heteroatoms. The number of rotatable bonds is 3. The molecule has 2 aliphatic rings. The van der Waals surface area contributed by atoms with Crippen LogP contribution in [0.15, 0.2) is 36.4 Å². The Labute approximate surface area is 225 Å². The number of aliphatic hydroxyl groups is 3. The zero-order chi connectivity index (χ0) is 26.5. The molecule has 7 rings (SSSR count). The Hall–Kier alpha value is -2.89. The van der Waals surface area contributed by atoms with Gasteiger partial charge in [-0.1, -0.05) is 47.5 Å². The lowest BCUT2D eigenvalue weighted by Gasteiger charge is -2.42. The van der Waals surface area contributed by atoms with Crippen LogP contribution < -0.4 is 5.32 Å². The summed E-state index contributed by atoms with van der Waals surface area (Å²) in [6, 6.07) is 11.0. The molecular weight excluding hydrogens is 533 g/mol. The van der Waals surface area contributed by atoms with Gasteiger partial charge in [0.15, 0.2) is 6.23 Å². The molecule has 5 aromatic rings. The quantitative estimate of drug-likeness (QED) is 0.231. The summed E-state index contributed by atoms with van der Waals surface area (Å²) in [7, 11) is 1.38. The molecule has 0 bridgehead atoms. The first-order valence-electron chi connectivity index (χ1n) is 12.2. The first kappa shape index (κ1) is 24.2. The molecule has 0 spiro atoms. The van der Waals surface area contributed by atoms with E-state index in [-0.39, 0.29) is 5.91 Å². The number of aromatic amines is 1. The van der Waals surface area contributed by atoms with Crippen molar-refractivity contribution in [2.24, 2.45) is 0 Å². The van der Waals surface area contributed by atoms with Gasteiger partial charge < -0.3 is 39.7 Å². The van der Waals surface area contributed by atoms with E-state index in [9.17, 15) is 20.1 Å². The number of carbonyl (C=O) groups is 1. The average Bonchev–Trinajstić information content (AvgIpc) is 3.58. The van der Waals surface area contributed by atoms with Gasteiger partial charge in [-0.2, -0.15) is 0 Å². The van der Waals surface area contributed by atoms with Crippen LogP contribution in [0.3, 0.4) is 0 Å². The first-order valence-corrected chi connectivity index (χ1v) is 12.9. The molecule has 0 saturated carbocycles. The van der Waals surface area contributed by atoms with Gasteiger partial charge in [0.2, 0.25) is 0 Å². The second-order valence-corrected chi connectivity index (χ2v) is 10.5. The molecule has 5 N–H and O–H groups in total. The molecule has 38 heavy (non-hydrogen) atoms. The van der Waals surface area contributed by atoms with Crippen LogP contribution in [0.25, 0.3) is 43.6 Å². The van der Waals surface area contributed by atoms with Gasteiger partial charge in [-0.15, -0.1) is 0 Å². The van der Waals surface area contributed by atoms with Gasteiger partial charge in [0, 0.05) is 35.2 Å². The molecule has 196 valence electrons. The minimum Gasteiger partial charge on any atom is -0.394 e. The van der Waals surface area contributed by atoms with E-state index >= 15 is 0 Å². The number of carbonyl (C=O) groups excluding carboxylic acids is 1. The molecule has 5 atom stereocenters. The van der Waals surface area contributed by atoms with Crippen molar-refractivity contribution in [3.05, 3.63) is 57.6 Å². The molecule has 3 aromatic carbocycles. The van der Waals surface area contributed by atoms with Crippen molar-refractivity contribution in [1.29, 1.82) is 0 Å². The summed E-state index contributed by atoms with van der Waals surface area (Å²) in [5.74, 6) is -0.191. The number of aliphatic hydroxyl groups excluding tert-OH is 3. The number of hydrogen-bond acceptors (Lipinski definition) is 6. The lowest BCUT2D eigenvalue weighted by atomic mass is 9.96. The van der Waals surface area contributed by atoms with E-state index in [0.717, 1.165) is 21.7 Å². The van der Waals surface area contributed by atoms with Crippen LogP contribution in [0.1, 0.15) is 22.1 Å². The summed E-state index contributed by atoms with van der Waals surface area (Å²) in [6.07, 6.45) is -5.76. The predicted molar refractivity (Wildman–Crippen MR) is 144 cm³/mol. The highest BCUT2D eigenvalue weighted by Gasteiger charge is 2.47. The Morgan fingerprint density at radius 1 is 1.03 bits per heavy atom. The van der Waals surface area contributed by atoms with E-state index in [2.05, 4.69) is 10.3 Å². The number of ether oxygens (including phenoxy) is 2. The molecule has 2 aromatic heterocycles. The predicted octanol–water partition coefficient (Wildman–Crippen LogP) is 3.61. The van der Waals surface area contributed by atoms with Gasteiger partial charge in [0.25, 0.3) is 5.91 Å². The van der Waals surface area contributed by atoms with Gasteiger partial charge >= 0.3 is 0 Å². The van der Waals surface area contributed by atoms with Crippen molar-refractivity contribution >= 4 is 72.7 Å². The maximum Gasteiger partial charge on any atom is 0.252 e. The summed E-state index contributed by atoms with van der Waals surface area (Å²) in [6.45, 7) is -0.129. The normalized spacial score (nSPS) is 25.6. The number of nitrogens with zero attached hydrogens (tertiary/aromatic N) is 1. The largest absolute Gasteiger partial charge is 0.394 e. The van der Waals surface area contributed by atoms with E-state index in [1.165, 1.54) is 7.11 Å². The number of nitrogens with one attached hydrogen (secondary N) is 2. The fourth-order valence-electron chi connectivity index (χ4n) is 6.28. The summed E-state index contributed by atoms with van der Waals surface area (Å²) < 4.78 is 13.3. The molecule has 4 heterocycles. The van der Waals surface area contributed by atoms with E-state index in [0.29, 0.717) is 49.6 Å². The van der Waals surface area contributed by atoms with Crippen LogP contribution in [0.5, 0.6) is 0 Å². The lowest BCUT2D eigenvalue weighted by Crippen LogP contribution is -2.57. The number of hydrogen-bond donors (Lipinski definition) is 5. The van der Waals surface area contributed by atoms with E-state index in [1.807, 2.05) is 24.3 Å². The third-order valence-electron chi connectivity index (χ3n) is 7.87. The van der Waals surface area contributed by atoms with Crippen LogP contribution in [0.4, 0.5) is 0 Å². The first-order chi connectivity index (χ1) is 18.4. The van der Waals surface area contributed by atoms with E-state index in [1.54, 1.807) is 16.7 Å². The summed E-state index contributed by atoms with van der Waals surface area (Å²) >= 11 is 13.4. The van der Waals surface area contributed by atoms with E-state index in [4.69, 9.17) is 32.7 Å². The van der Waals surface area contributed by atoms with Gasteiger partial charge in [-0.25, -0.2) is 0 Å². The topological polar surface area (TPSA) is 129 Å². The Kier molecular flexibility index (Phi) is 5.44. The zero-order valence-electron chi connectivity index (χ0n) is 20.0. The van der Waals surface area contributed by atoms with E-state index < -0.39 is 37.3 Å². The molecular formula is C27H23Cl2N3O6. The van der Waals surface area contributed by atoms with Crippen LogP contribution >= 0.6 is 23.2 Å². The Morgan fingerprint density at radius 2 is 1.76 bits per heavy atom. The molecule has 0 aliphatic carbocycles. The number of halogens is 2. The Bertz CT molecular complexity index is 1790. The zero-order valence-corrected chi connectivity index (χ0v) is 21.5. The van der Waals surface area contributed by atoms with Crippen LogP contribution in [-0.2, 0) is 16.0 Å². The number of aromatic nitrogens is 2. The Balaban J connectivity index is 1.68. The smallest absolute Gasteiger partial charge is 0.252 e. The van der Waals surface area contributed by atoms with Crippen LogP contribution in [0, 0.1) is 0 Å². The third kappa shape index (κ3) is 3.03. The summed E-state index contributed by atoms with van der Waals surface area (Å²) in [4.78, 5) is 16.6. The number of benzene rings is 3. The highest BCUT2D eigenvalue weighted by atomic mass is 35.5. The molecule has 1 fully saturated rings. The summed E-state index contributed by atoms with van der Waals surface area (Å²) in [5.41, 5.74) is 3.83.